The van der Waals surface area contributed by atoms with Gasteiger partial charge in [-0.25, -0.2) is 4.79 Å². The van der Waals surface area contributed by atoms with Gasteiger partial charge in [0.15, 0.2) is 6.10 Å². The molecule has 0 saturated carbocycles. The minimum absolute atomic E-state index is 0.363. The fraction of sp³-hybridized carbons (Fsp3) is 0.222. The van der Waals surface area contributed by atoms with Crippen LogP contribution in [0.2, 0.25) is 5.02 Å². The Balaban J connectivity index is 2.78. The van der Waals surface area contributed by atoms with Crippen molar-refractivity contribution in [2.24, 2.45) is 0 Å². The van der Waals surface area contributed by atoms with E-state index in [-0.39, 0.29) is 0 Å². The van der Waals surface area contributed by atoms with E-state index in [4.69, 9.17) is 27.2 Å². The number of carboxylic acid groups (broad SMARTS) is 1. The van der Waals surface area contributed by atoms with Crippen molar-refractivity contribution >= 4 is 23.3 Å². The average molecular weight is 216 g/mol. The number of anilines is 1. The van der Waals surface area contributed by atoms with Crippen LogP contribution < -0.4 is 10.5 Å². The number of ether oxygens (including phenoxy) is 1. The maximum atomic E-state index is 10.5. The van der Waals surface area contributed by atoms with E-state index in [1.807, 2.05) is 0 Å². The SMILES string of the molecule is CC(Oc1ccc(Cl)c(N)c1)C(=O)O. The topological polar surface area (TPSA) is 72.5 Å². The summed E-state index contributed by atoms with van der Waals surface area (Å²) in [7, 11) is 0. The molecule has 14 heavy (non-hydrogen) atoms. The Kier molecular flexibility index (Phi) is 3.19. The zero-order valence-corrected chi connectivity index (χ0v) is 8.28. The molecule has 0 fully saturated rings. The molecule has 0 saturated heterocycles. The molecule has 1 aromatic rings. The highest BCUT2D eigenvalue weighted by atomic mass is 35.5. The predicted molar refractivity (Wildman–Crippen MR) is 53.6 cm³/mol. The normalized spacial score (nSPS) is 12.1. The molecule has 0 aliphatic rings. The number of rotatable bonds is 3. The molecule has 0 aromatic heterocycles. The van der Waals surface area contributed by atoms with E-state index >= 15 is 0 Å². The first-order valence-electron chi connectivity index (χ1n) is 3.95. The van der Waals surface area contributed by atoms with Crippen LogP contribution in [0.1, 0.15) is 6.92 Å². The monoisotopic (exact) mass is 215 g/mol. The lowest BCUT2D eigenvalue weighted by Crippen LogP contribution is -2.22. The molecule has 1 aromatic carbocycles. The Morgan fingerprint density at radius 2 is 2.29 bits per heavy atom. The second kappa shape index (κ2) is 4.19. The summed E-state index contributed by atoms with van der Waals surface area (Å²) in [5.41, 5.74) is 5.88. The van der Waals surface area contributed by atoms with Gasteiger partial charge in [0.1, 0.15) is 5.75 Å². The number of nitrogens with two attached hydrogens (primary N) is 1. The Labute approximate surface area is 86.2 Å². The lowest BCUT2D eigenvalue weighted by molar-refractivity contribution is -0.144. The number of hydrogen-bond acceptors (Lipinski definition) is 3. The number of hydrogen-bond donors (Lipinski definition) is 2. The zero-order chi connectivity index (χ0) is 10.7. The molecule has 1 atom stereocenters. The molecule has 3 N–H and O–H groups in total. The number of aliphatic carboxylic acids is 1. The van der Waals surface area contributed by atoms with Gasteiger partial charge in [0.2, 0.25) is 0 Å². The summed E-state index contributed by atoms with van der Waals surface area (Å²) in [5.74, 6) is -0.639. The van der Waals surface area contributed by atoms with Crippen LogP contribution in [0.5, 0.6) is 5.75 Å². The van der Waals surface area contributed by atoms with Crippen molar-refractivity contribution < 1.29 is 14.6 Å². The average Bonchev–Trinajstić information content (AvgIpc) is 2.11. The second-order valence-electron chi connectivity index (χ2n) is 2.78. The van der Waals surface area contributed by atoms with Gasteiger partial charge in [0.05, 0.1) is 10.7 Å². The number of carboxylic acids is 1. The highest BCUT2D eigenvalue weighted by molar-refractivity contribution is 6.33. The van der Waals surface area contributed by atoms with Crippen molar-refractivity contribution in [3.63, 3.8) is 0 Å². The van der Waals surface area contributed by atoms with Crippen molar-refractivity contribution in [3.8, 4) is 5.75 Å². The minimum atomic E-state index is -1.03. The largest absolute Gasteiger partial charge is 0.479 e. The zero-order valence-electron chi connectivity index (χ0n) is 7.53. The van der Waals surface area contributed by atoms with Gasteiger partial charge in [0, 0.05) is 6.07 Å². The smallest absolute Gasteiger partial charge is 0.344 e. The standard InChI is InChI=1S/C9H10ClNO3/c1-5(9(12)13)14-6-2-3-7(10)8(11)4-6/h2-5H,11H2,1H3,(H,12,13). The van der Waals surface area contributed by atoms with Gasteiger partial charge in [-0.15, -0.1) is 0 Å². The number of benzene rings is 1. The van der Waals surface area contributed by atoms with Crippen LogP contribution in [-0.4, -0.2) is 17.2 Å². The molecule has 76 valence electrons. The third-order valence-corrected chi connectivity index (χ3v) is 1.97. The summed E-state index contributed by atoms with van der Waals surface area (Å²) in [6.07, 6.45) is -0.907. The summed E-state index contributed by atoms with van der Waals surface area (Å²) >= 11 is 5.68. The molecule has 0 bridgehead atoms. The molecule has 0 spiro atoms. The summed E-state index contributed by atoms with van der Waals surface area (Å²) in [4.78, 5) is 10.5. The minimum Gasteiger partial charge on any atom is -0.479 e. The number of carbonyl (C=O) groups is 1. The van der Waals surface area contributed by atoms with Crippen LogP contribution in [-0.2, 0) is 4.79 Å². The Morgan fingerprint density at radius 3 is 2.79 bits per heavy atom. The summed E-state index contributed by atoms with van der Waals surface area (Å²) in [5, 5.41) is 9.00. The fourth-order valence-electron chi connectivity index (χ4n) is 0.850. The lowest BCUT2D eigenvalue weighted by Gasteiger charge is -2.10. The van der Waals surface area contributed by atoms with Crippen LogP contribution in [0.15, 0.2) is 18.2 Å². The van der Waals surface area contributed by atoms with E-state index in [0.29, 0.717) is 16.5 Å². The lowest BCUT2D eigenvalue weighted by atomic mass is 10.3. The molecule has 0 heterocycles. The highest BCUT2D eigenvalue weighted by Gasteiger charge is 2.12. The first kappa shape index (κ1) is 10.7. The maximum Gasteiger partial charge on any atom is 0.344 e. The molecule has 0 aliphatic heterocycles. The van der Waals surface area contributed by atoms with Crippen molar-refractivity contribution in [3.05, 3.63) is 23.2 Å². The first-order valence-corrected chi connectivity index (χ1v) is 4.33. The highest BCUT2D eigenvalue weighted by Crippen LogP contribution is 2.24. The molecule has 0 aliphatic carbocycles. The molecule has 1 unspecified atom stereocenters. The molecule has 1 rings (SSSR count). The van der Waals surface area contributed by atoms with Gasteiger partial charge in [-0.05, 0) is 19.1 Å². The van der Waals surface area contributed by atoms with Gasteiger partial charge in [-0.3, -0.25) is 0 Å². The third-order valence-electron chi connectivity index (χ3n) is 1.63. The van der Waals surface area contributed by atoms with Crippen LogP contribution in [0, 0.1) is 0 Å². The fourth-order valence-corrected chi connectivity index (χ4v) is 0.967. The van der Waals surface area contributed by atoms with E-state index < -0.39 is 12.1 Å². The quantitative estimate of drug-likeness (QED) is 0.754. The summed E-state index contributed by atoms with van der Waals surface area (Å²) in [6, 6.07) is 4.61. The Hall–Kier alpha value is -1.42. The molecule has 0 amide bonds. The van der Waals surface area contributed by atoms with Gasteiger partial charge < -0.3 is 15.6 Å². The van der Waals surface area contributed by atoms with Crippen molar-refractivity contribution in [2.45, 2.75) is 13.0 Å². The van der Waals surface area contributed by atoms with E-state index in [1.54, 1.807) is 12.1 Å². The molecular formula is C9H10ClNO3. The Bertz CT molecular complexity index is 354. The first-order chi connectivity index (χ1) is 6.50. The van der Waals surface area contributed by atoms with Crippen LogP contribution in [0.25, 0.3) is 0 Å². The summed E-state index contributed by atoms with van der Waals surface area (Å²) < 4.78 is 5.07. The van der Waals surface area contributed by atoms with Crippen LogP contribution in [0.3, 0.4) is 0 Å². The van der Waals surface area contributed by atoms with Crippen LogP contribution >= 0.6 is 11.6 Å². The second-order valence-corrected chi connectivity index (χ2v) is 3.19. The predicted octanol–water partition coefficient (Wildman–Crippen LogP) is 1.77. The number of halogens is 1. The van der Waals surface area contributed by atoms with Gasteiger partial charge >= 0.3 is 5.97 Å². The van der Waals surface area contributed by atoms with E-state index in [2.05, 4.69) is 0 Å². The van der Waals surface area contributed by atoms with Crippen molar-refractivity contribution in [2.75, 3.05) is 5.73 Å². The van der Waals surface area contributed by atoms with E-state index in [0.717, 1.165) is 0 Å². The van der Waals surface area contributed by atoms with Gasteiger partial charge in [0.25, 0.3) is 0 Å². The Morgan fingerprint density at radius 1 is 1.64 bits per heavy atom. The van der Waals surface area contributed by atoms with E-state index in [9.17, 15) is 4.79 Å². The maximum absolute atomic E-state index is 10.5. The van der Waals surface area contributed by atoms with Crippen molar-refractivity contribution in [1.82, 2.24) is 0 Å². The number of nitrogen functional groups attached to an aromatic ring is 1. The molecule has 5 heteroatoms. The van der Waals surface area contributed by atoms with E-state index in [1.165, 1.54) is 13.0 Å². The van der Waals surface area contributed by atoms with Gasteiger partial charge in [-0.2, -0.15) is 0 Å². The molecule has 0 radical (unpaired) electrons. The van der Waals surface area contributed by atoms with Crippen LogP contribution in [0.4, 0.5) is 5.69 Å². The molecule has 4 nitrogen and oxygen atoms in total. The third kappa shape index (κ3) is 2.53. The van der Waals surface area contributed by atoms with Gasteiger partial charge in [-0.1, -0.05) is 11.6 Å². The molecular weight excluding hydrogens is 206 g/mol. The van der Waals surface area contributed by atoms with Crippen molar-refractivity contribution in [1.29, 1.82) is 0 Å². The summed E-state index contributed by atoms with van der Waals surface area (Å²) in [6.45, 7) is 1.44.